The third-order valence-corrected chi connectivity index (χ3v) is 6.73. The Kier molecular flexibility index (Phi) is 5.48. The normalized spacial score (nSPS) is 18.5. The number of pyridine rings is 1. The Bertz CT molecular complexity index is 1540. The molecule has 4 aromatic rings. The molecule has 6 rings (SSSR count). The topological polar surface area (TPSA) is 104 Å². The number of aryl methyl sites for hydroxylation is 1. The summed E-state index contributed by atoms with van der Waals surface area (Å²) in [5, 5.41) is 4.45. The first kappa shape index (κ1) is 23.5. The number of ether oxygens (including phenoxy) is 1. The van der Waals surface area contributed by atoms with Crippen molar-refractivity contribution >= 4 is 17.0 Å². The van der Waals surface area contributed by atoms with E-state index in [-0.39, 0.29) is 34.3 Å². The third-order valence-electron chi connectivity index (χ3n) is 6.73. The van der Waals surface area contributed by atoms with E-state index in [1.54, 1.807) is 20.2 Å². The van der Waals surface area contributed by atoms with Crippen molar-refractivity contribution < 1.29 is 17.9 Å². The van der Waals surface area contributed by atoms with Crippen LogP contribution >= 0.6 is 0 Å². The lowest BCUT2D eigenvalue weighted by Gasteiger charge is -2.32. The lowest BCUT2D eigenvalue weighted by atomic mass is 10.1. The first-order valence-electron chi connectivity index (χ1n) is 11.9. The van der Waals surface area contributed by atoms with Crippen LogP contribution in [-0.4, -0.2) is 54.0 Å². The molecule has 13 heteroatoms. The molecule has 2 aliphatic rings. The quantitative estimate of drug-likeness (QED) is 0.411. The molecule has 0 bridgehead atoms. The summed E-state index contributed by atoms with van der Waals surface area (Å²) in [6, 6.07) is 2.62. The largest absolute Gasteiger partial charge is 0.433 e. The van der Waals surface area contributed by atoms with E-state index in [4.69, 9.17) is 4.74 Å². The zero-order valence-electron chi connectivity index (χ0n) is 20.1. The van der Waals surface area contributed by atoms with Crippen molar-refractivity contribution in [1.29, 1.82) is 0 Å². The van der Waals surface area contributed by atoms with Crippen molar-refractivity contribution in [1.82, 2.24) is 34.3 Å². The molecule has 1 unspecified atom stereocenters. The summed E-state index contributed by atoms with van der Waals surface area (Å²) in [5.41, 5.74) is 0.390. The van der Waals surface area contributed by atoms with Crippen molar-refractivity contribution in [3.63, 3.8) is 0 Å². The Morgan fingerprint density at radius 1 is 1.08 bits per heavy atom. The standard InChI is InChI=1S/C24H23F3N8O2/c1-13-30-20-19(14-3-6-18(28-9-14)24(25,26)27)31-23(32-21(20)22(36)33(13)2)34-7-8-37-17(12-34)15-10-29-35(11-15)16-4-5-16/h3,6,9-11,16-17H,4-5,7-8,12H2,1-2H3. The maximum Gasteiger partial charge on any atom is 0.433 e. The van der Waals surface area contributed by atoms with Crippen molar-refractivity contribution in [3.8, 4) is 11.3 Å². The Morgan fingerprint density at radius 3 is 2.59 bits per heavy atom. The van der Waals surface area contributed by atoms with Gasteiger partial charge in [-0.2, -0.15) is 18.3 Å². The minimum absolute atomic E-state index is 0.0811. The molecule has 1 saturated heterocycles. The molecule has 1 aliphatic carbocycles. The number of nitrogens with zero attached hydrogens (tertiary/aromatic N) is 8. The van der Waals surface area contributed by atoms with E-state index in [2.05, 4.69) is 25.0 Å². The molecule has 0 aromatic carbocycles. The van der Waals surface area contributed by atoms with Crippen molar-refractivity contribution in [2.75, 3.05) is 24.6 Å². The fourth-order valence-electron chi connectivity index (χ4n) is 4.38. The number of fused-ring (bicyclic) bond motifs is 1. The molecule has 0 N–H and O–H groups in total. The van der Waals surface area contributed by atoms with Gasteiger partial charge in [-0.3, -0.25) is 19.0 Å². The van der Waals surface area contributed by atoms with Crippen LogP contribution < -0.4 is 10.5 Å². The van der Waals surface area contributed by atoms with Crippen molar-refractivity contribution in [2.45, 2.75) is 38.1 Å². The smallest absolute Gasteiger partial charge is 0.370 e. The van der Waals surface area contributed by atoms with Gasteiger partial charge in [0.15, 0.2) is 5.52 Å². The Hall–Kier alpha value is -3.87. The fourth-order valence-corrected chi connectivity index (χ4v) is 4.38. The predicted octanol–water partition coefficient (Wildman–Crippen LogP) is 3.22. The van der Waals surface area contributed by atoms with E-state index in [1.165, 1.54) is 10.6 Å². The van der Waals surface area contributed by atoms with Gasteiger partial charge in [0.25, 0.3) is 5.56 Å². The third kappa shape index (κ3) is 4.32. The molecule has 10 nitrogen and oxygen atoms in total. The highest BCUT2D eigenvalue weighted by atomic mass is 19.4. The number of hydrogen-bond donors (Lipinski definition) is 0. The van der Waals surface area contributed by atoms with E-state index in [1.807, 2.05) is 15.8 Å². The summed E-state index contributed by atoms with van der Waals surface area (Å²) in [6.45, 7) is 2.97. The second-order valence-corrected chi connectivity index (χ2v) is 9.31. The molecule has 1 atom stereocenters. The lowest BCUT2D eigenvalue weighted by Crippen LogP contribution is -2.39. The minimum atomic E-state index is -4.57. The molecule has 1 saturated carbocycles. The molecule has 0 spiro atoms. The van der Waals surface area contributed by atoms with Crippen molar-refractivity contribution in [3.05, 3.63) is 58.2 Å². The number of halogens is 3. The van der Waals surface area contributed by atoms with E-state index in [0.29, 0.717) is 37.1 Å². The van der Waals surface area contributed by atoms with Crippen molar-refractivity contribution in [2.24, 2.45) is 7.05 Å². The van der Waals surface area contributed by atoms with Crippen LogP contribution in [-0.2, 0) is 18.0 Å². The maximum atomic E-state index is 13.1. The first-order chi connectivity index (χ1) is 17.7. The Balaban J connectivity index is 1.42. The van der Waals surface area contributed by atoms with Gasteiger partial charge in [0, 0.05) is 37.1 Å². The molecule has 5 heterocycles. The maximum absolute atomic E-state index is 13.1. The molecule has 1 aliphatic heterocycles. The molecular formula is C24H23F3N8O2. The number of rotatable bonds is 4. The van der Waals surface area contributed by atoms with Crippen LogP contribution in [0.5, 0.6) is 0 Å². The molecule has 0 radical (unpaired) electrons. The van der Waals surface area contributed by atoms with Crippen LogP contribution in [0.4, 0.5) is 19.1 Å². The highest BCUT2D eigenvalue weighted by Gasteiger charge is 2.33. The zero-order valence-corrected chi connectivity index (χ0v) is 20.1. The van der Waals surface area contributed by atoms with E-state index < -0.39 is 11.9 Å². The molecule has 192 valence electrons. The van der Waals surface area contributed by atoms with Gasteiger partial charge in [-0.15, -0.1) is 0 Å². The Labute approximate surface area is 208 Å². The van der Waals surface area contributed by atoms with E-state index in [0.717, 1.165) is 30.7 Å². The zero-order chi connectivity index (χ0) is 25.9. The predicted molar refractivity (Wildman–Crippen MR) is 127 cm³/mol. The summed E-state index contributed by atoms with van der Waals surface area (Å²) in [6.07, 6.45) is 2.29. The van der Waals surface area contributed by atoms with Gasteiger partial charge in [-0.25, -0.2) is 15.0 Å². The molecule has 0 amide bonds. The monoisotopic (exact) mass is 512 g/mol. The van der Waals surface area contributed by atoms with E-state index in [9.17, 15) is 18.0 Å². The van der Waals surface area contributed by atoms with Gasteiger partial charge in [-0.05, 0) is 31.9 Å². The fraction of sp³-hybridized carbons (Fsp3) is 0.417. The average molecular weight is 512 g/mol. The Morgan fingerprint density at radius 2 is 1.89 bits per heavy atom. The number of aromatic nitrogens is 7. The van der Waals surface area contributed by atoms with Gasteiger partial charge in [0.05, 0.1) is 25.4 Å². The second-order valence-electron chi connectivity index (χ2n) is 9.31. The van der Waals surface area contributed by atoms with Crippen LogP contribution in [0.1, 0.15) is 42.1 Å². The highest BCUT2D eigenvalue weighted by molar-refractivity contribution is 5.89. The summed E-state index contributed by atoms with van der Waals surface area (Å²) < 4.78 is 48.6. The summed E-state index contributed by atoms with van der Waals surface area (Å²) >= 11 is 0. The molecule has 37 heavy (non-hydrogen) atoms. The van der Waals surface area contributed by atoms with Crippen LogP contribution in [0.15, 0.2) is 35.5 Å². The number of hydrogen-bond acceptors (Lipinski definition) is 8. The van der Waals surface area contributed by atoms with Gasteiger partial charge in [-0.1, -0.05) is 0 Å². The molecular weight excluding hydrogens is 489 g/mol. The second kappa shape index (κ2) is 8.61. The van der Waals surface area contributed by atoms with Crippen LogP contribution in [0, 0.1) is 6.92 Å². The van der Waals surface area contributed by atoms with Crippen LogP contribution in [0.25, 0.3) is 22.3 Å². The highest BCUT2D eigenvalue weighted by Crippen LogP contribution is 2.36. The van der Waals surface area contributed by atoms with Gasteiger partial charge < -0.3 is 9.64 Å². The first-order valence-corrected chi connectivity index (χ1v) is 11.9. The van der Waals surface area contributed by atoms with Gasteiger partial charge in [0.2, 0.25) is 5.95 Å². The average Bonchev–Trinajstić information content (AvgIpc) is 3.63. The SMILES string of the molecule is Cc1nc2c(-c3ccc(C(F)(F)F)nc3)nc(N3CCOC(c4cnn(C5CC5)c4)C3)nc2c(=O)n1C. The van der Waals surface area contributed by atoms with Gasteiger partial charge in [0.1, 0.15) is 28.8 Å². The number of morpholine rings is 1. The van der Waals surface area contributed by atoms with Crippen LogP contribution in [0.2, 0.25) is 0 Å². The summed E-state index contributed by atoms with van der Waals surface area (Å²) in [7, 11) is 1.59. The van der Waals surface area contributed by atoms with Crippen LogP contribution in [0.3, 0.4) is 0 Å². The van der Waals surface area contributed by atoms with Gasteiger partial charge >= 0.3 is 6.18 Å². The molecule has 4 aromatic heterocycles. The number of alkyl halides is 3. The number of anilines is 1. The molecule has 2 fully saturated rings. The van der Waals surface area contributed by atoms with E-state index >= 15 is 0 Å². The summed E-state index contributed by atoms with van der Waals surface area (Å²) in [5.74, 6) is 0.696. The lowest BCUT2D eigenvalue weighted by molar-refractivity contribution is -0.141. The summed E-state index contributed by atoms with van der Waals surface area (Å²) in [4.78, 5) is 32.3. The minimum Gasteiger partial charge on any atom is -0.370 e.